The number of rotatable bonds is 9. The predicted molar refractivity (Wildman–Crippen MR) is 144 cm³/mol. The molecule has 204 valence electrons. The first-order valence-electron chi connectivity index (χ1n) is 13.2. The topological polar surface area (TPSA) is 81.2 Å². The van der Waals surface area contributed by atoms with Crippen LogP contribution < -0.4 is 9.47 Å². The Balaban J connectivity index is 1.30. The average Bonchev–Trinajstić information content (AvgIpc) is 2.92. The van der Waals surface area contributed by atoms with Crippen molar-refractivity contribution in [1.82, 2.24) is 14.8 Å². The predicted octanol–water partition coefficient (Wildman–Crippen LogP) is 4.35. The molecule has 2 aliphatic heterocycles. The number of hydrogen-bond acceptors (Lipinski definition) is 7. The smallest absolute Gasteiger partial charge is 0.339 e. The second-order valence-electron chi connectivity index (χ2n) is 9.65. The molecule has 5 rings (SSSR count). The van der Waals surface area contributed by atoms with Crippen LogP contribution >= 0.6 is 0 Å². The van der Waals surface area contributed by atoms with Gasteiger partial charge in [0, 0.05) is 38.8 Å². The van der Waals surface area contributed by atoms with Gasteiger partial charge in [0.15, 0.2) is 0 Å². The summed E-state index contributed by atoms with van der Waals surface area (Å²) in [7, 11) is 1.31. The van der Waals surface area contributed by atoms with Gasteiger partial charge in [-0.1, -0.05) is 12.1 Å². The summed E-state index contributed by atoms with van der Waals surface area (Å²) in [5.41, 5.74) is 4.14. The molecule has 0 aliphatic carbocycles. The number of likely N-dealkylation sites (tertiary alicyclic amines) is 1. The molecule has 39 heavy (non-hydrogen) atoms. The Hall–Kier alpha value is -3.98. The monoisotopic (exact) mass is 533 g/mol. The van der Waals surface area contributed by atoms with Crippen LogP contribution in [0.3, 0.4) is 0 Å². The van der Waals surface area contributed by atoms with Gasteiger partial charge in [-0.25, -0.2) is 9.18 Å². The summed E-state index contributed by atoms with van der Waals surface area (Å²) in [6, 6.07) is 12.0. The number of halogens is 1. The van der Waals surface area contributed by atoms with Crippen LogP contribution in [0.25, 0.3) is 11.1 Å². The Morgan fingerprint density at radius 3 is 2.33 bits per heavy atom. The van der Waals surface area contributed by atoms with Crippen LogP contribution in [-0.4, -0.2) is 72.7 Å². The number of benzene rings is 2. The van der Waals surface area contributed by atoms with Crippen LogP contribution in [0.4, 0.5) is 4.39 Å². The number of ether oxygens (including phenoxy) is 3. The van der Waals surface area contributed by atoms with Gasteiger partial charge in [0.1, 0.15) is 17.3 Å². The van der Waals surface area contributed by atoms with Crippen molar-refractivity contribution < 1.29 is 28.2 Å². The lowest BCUT2D eigenvalue weighted by Crippen LogP contribution is -2.61. The molecule has 0 N–H and O–H groups in total. The fourth-order valence-electron chi connectivity index (χ4n) is 5.24. The summed E-state index contributed by atoms with van der Waals surface area (Å²) < 4.78 is 30.3. The van der Waals surface area contributed by atoms with Gasteiger partial charge in [-0.3, -0.25) is 14.7 Å². The number of fused-ring (bicyclic) bond motifs is 1. The minimum absolute atomic E-state index is 0.0867. The molecule has 3 heterocycles. The molecular weight excluding hydrogens is 501 g/mol. The first-order valence-corrected chi connectivity index (χ1v) is 13.2. The quantitative estimate of drug-likeness (QED) is 0.378. The lowest BCUT2D eigenvalue weighted by atomic mass is 9.97. The fraction of sp³-hybridized carbons (Fsp3) is 0.367. The van der Waals surface area contributed by atoms with Crippen LogP contribution in [0.5, 0.6) is 11.5 Å². The number of carbonyl (C=O) groups excluding carboxylic acids is 2. The number of aromatic nitrogens is 1. The van der Waals surface area contributed by atoms with Crippen molar-refractivity contribution in [2.24, 2.45) is 0 Å². The lowest BCUT2D eigenvalue weighted by Gasteiger charge is -2.46. The van der Waals surface area contributed by atoms with Crippen LogP contribution in [0.2, 0.25) is 0 Å². The first kappa shape index (κ1) is 26.6. The summed E-state index contributed by atoms with van der Waals surface area (Å²) in [5, 5.41) is 0. The summed E-state index contributed by atoms with van der Waals surface area (Å²) in [6.45, 7) is 7.58. The number of esters is 1. The molecule has 0 saturated carbocycles. The molecule has 0 bridgehead atoms. The van der Waals surface area contributed by atoms with Crippen molar-refractivity contribution in [3.05, 3.63) is 76.9 Å². The number of pyridine rings is 1. The van der Waals surface area contributed by atoms with E-state index >= 15 is 0 Å². The van der Waals surface area contributed by atoms with Crippen molar-refractivity contribution in [2.45, 2.75) is 32.9 Å². The summed E-state index contributed by atoms with van der Waals surface area (Å²) in [6.07, 6.45) is 2.12. The molecule has 1 aromatic heterocycles. The molecular formula is C30H32FN3O5. The highest BCUT2D eigenvalue weighted by Gasteiger charge is 2.38. The third-order valence-corrected chi connectivity index (χ3v) is 7.12. The Morgan fingerprint density at radius 2 is 1.72 bits per heavy atom. The maximum Gasteiger partial charge on any atom is 0.339 e. The highest BCUT2D eigenvalue weighted by atomic mass is 19.1. The van der Waals surface area contributed by atoms with Gasteiger partial charge in [0.05, 0.1) is 48.7 Å². The third kappa shape index (κ3) is 5.45. The second-order valence-corrected chi connectivity index (χ2v) is 9.65. The largest absolute Gasteiger partial charge is 0.493 e. The van der Waals surface area contributed by atoms with E-state index in [4.69, 9.17) is 14.2 Å². The zero-order chi connectivity index (χ0) is 27.5. The SMILES string of the molecule is CCOc1cc(CN2CC(N3CCc4ncc(C(=O)OC)cc4C3=O)C2)cc(OCC)c1-c1ccc(F)cc1. The Kier molecular flexibility index (Phi) is 7.79. The van der Waals surface area contributed by atoms with E-state index < -0.39 is 5.97 Å². The van der Waals surface area contributed by atoms with Crippen molar-refractivity contribution in [1.29, 1.82) is 0 Å². The highest BCUT2D eigenvalue weighted by Crippen LogP contribution is 2.40. The molecule has 0 radical (unpaired) electrons. The highest BCUT2D eigenvalue weighted by molar-refractivity contribution is 5.99. The van der Waals surface area contributed by atoms with Crippen LogP contribution in [0.15, 0.2) is 48.7 Å². The molecule has 0 unspecified atom stereocenters. The van der Waals surface area contributed by atoms with E-state index in [1.54, 1.807) is 18.2 Å². The maximum absolute atomic E-state index is 13.6. The van der Waals surface area contributed by atoms with Gasteiger partial charge in [0.25, 0.3) is 5.91 Å². The van der Waals surface area contributed by atoms with Crippen molar-refractivity contribution in [2.75, 3.05) is 40.0 Å². The van der Waals surface area contributed by atoms with Crippen LogP contribution in [-0.2, 0) is 17.7 Å². The van der Waals surface area contributed by atoms with Gasteiger partial charge in [-0.15, -0.1) is 0 Å². The molecule has 2 aromatic carbocycles. The second kappa shape index (κ2) is 11.4. The molecule has 9 heteroatoms. The van der Waals surface area contributed by atoms with Gasteiger partial charge >= 0.3 is 5.97 Å². The zero-order valence-corrected chi connectivity index (χ0v) is 22.4. The van der Waals surface area contributed by atoms with Crippen molar-refractivity contribution in [3.63, 3.8) is 0 Å². The third-order valence-electron chi connectivity index (χ3n) is 7.12. The minimum atomic E-state index is -0.506. The van der Waals surface area contributed by atoms with E-state index in [-0.39, 0.29) is 23.3 Å². The van der Waals surface area contributed by atoms with Crippen LogP contribution in [0.1, 0.15) is 45.8 Å². The molecule has 0 spiro atoms. The molecule has 1 saturated heterocycles. The number of amides is 1. The molecule has 2 aliphatic rings. The van der Waals surface area contributed by atoms with Crippen molar-refractivity contribution >= 4 is 11.9 Å². The van der Waals surface area contributed by atoms with E-state index in [0.717, 1.165) is 29.8 Å². The number of hydrogen-bond donors (Lipinski definition) is 0. The Morgan fingerprint density at radius 1 is 1.05 bits per heavy atom. The van der Waals surface area contributed by atoms with Gasteiger partial charge < -0.3 is 19.1 Å². The molecule has 0 atom stereocenters. The standard InChI is InChI=1S/C30H32FN3O5/c1-4-38-26-12-19(13-27(39-5-2)28(26)20-6-8-22(31)9-7-20)16-33-17-23(18-33)34-11-10-25-24(29(34)35)14-21(15-32-25)30(36)37-3/h6-9,12-15,23H,4-5,10-11,16-18H2,1-3H3. The summed E-state index contributed by atoms with van der Waals surface area (Å²) >= 11 is 0. The fourth-order valence-corrected chi connectivity index (χ4v) is 5.24. The maximum atomic E-state index is 13.6. The minimum Gasteiger partial charge on any atom is -0.493 e. The summed E-state index contributed by atoms with van der Waals surface area (Å²) in [5.74, 6) is 0.487. The van der Waals surface area contributed by atoms with Crippen LogP contribution in [0, 0.1) is 5.82 Å². The molecule has 8 nitrogen and oxygen atoms in total. The molecule has 3 aromatic rings. The first-order chi connectivity index (χ1) is 18.9. The Labute approximate surface area is 227 Å². The Bertz CT molecular complexity index is 1340. The van der Waals surface area contributed by atoms with E-state index in [0.29, 0.717) is 55.5 Å². The van der Waals surface area contributed by atoms with E-state index in [2.05, 4.69) is 9.88 Å². The average molecular weight is 534 g/mol. The molecule has 1 fully saturated rings. The normalized spacial score (nSPS) is 15.5. The van der Waals surface area contributed by atoms with Gasteiger partial charge in [-0.2, -0.15) is 0 Å². The lowest BCUT2D eigenvalue weighted by molar-refractivity contribution is 0.0217. The molecule has 1 amide bonds. The van der Waals surface area contributed by atoms with Gasteiger partial charge in [0.2, 0.25) is 0 Å². The number of methoxy groups -OCH3 is 1. The summed E-state index contributed by atoms with van der Waals surface area (Å²) in [4.78, 5) is 33.7. The number of carbonyl (C=O) groups is 2. The van der Waals surface area contributed by atoms with Crippen molar-refractivity contribution in [3.8, 4) is 22.6 Å². The van der Waals surface area contributed by atoms with E-state index in [9.17, 15) is 14.0 Å². The van der Waals surface area contributed by atoms with E-state index in [1.165, 1.54) is 25.4 Å². The number of nitrogens with zero attached hydrogens (tertiary/aromatic N) is 3. The van der Waals surface area contributed by atoms with E-state index in [1.807, 2.05) is 30.9 Å². The van der Waals surface area contributed by atoms with Gasteiger partial charge in [-0.05, 0) is 55.3 Å². The zero-order valence-electron chi connectivity index (χ0n) is 22.4.